The number of benzene rings is 1. The van der Waals surface area contributed by atoms with E-state index in [-0.39, 0.29) is 11.3 Å². The van der Waals surface area contributed by atoms with Gasteiger partial charge in [0, 0.05) is 0 Å². The second kappa shape index (κ2) is 5.53. The molecule has 0 saturated carbocycles. The topological polar surface area (TPSA) is 39.2 Å². The molecule has 1 heterocycles. The van der Waals surface area contributed by atoms with Crippen molar-refractivity contribution in [2.75, 3.05) is 7.11 Å². The van der Waals surface area contributed by atoms with Crippen molar-refractivity contribution >= 4 is 33.2 Å². The van der Waals surface area contributed by atoms with Crippen LogP contribution in [0.5, 0.6) is 0 Å². The number of esters is 1. The van der Waals surface area contributed by atoms with Crippen LogP contribution in [-0.2, 0) is 10.9 Å². The molecule has 0 unspecified atom stereocenters. The van der Waals surface area contributed by atoms with Crippen LogP contribution < -0.4 is 0 Å². The molecule has 1 aromatic heterocycles. The molecule has 0 spiro atoms. The quantitative estimate of drug-likeness (QED) is 0.741. The normalized spacial score (nSPS) is 11.4. The maximum absolute atomic E-state index is 12.7. The van der Waals surface area contributed by atoms with Crippen molar-refractivity contribution in [3.8, 4) is 10.4 Å². The summed E-state index contributed by atoms with van der Waals surface area (Å²) in [4.78, 5) is 15.8. The van der Waals surface area contributed by atoms with Gasteiger partial charge in [0.25, 0.3) is 0 Å². The minimum absolute atomic E-state index is 0.0105. The van der Waals surface area contributed by atoms with Gasteiger partial charge in [-0.1, -0.05) is 12.1 Å². The van der Waals surface area contributed by atoms with Crippen molar-refractivity contribution < 1.29 is 22.7 Å². The molecule has 0 fully saturated rings. The largest absolute Gasteiger partial charge is 0.464 e. The van der Waals surface area contributed by atoms with E-state index >= 15 is 0 Å². The lowest BCUT2D eigenvalue weighted by atomic mass is 10.1. The predicted molar refractivity (Wildman–Crippen MR) is 71.6 cm³/mol. The van der Waals surface area contributed by atoms with Crippen molar-refractivity contribution in [1.82, 2.24) is 4.98 Å². The Hall–Kier alpha value is -1.41. The average Bonchev–Trinajstić information content (AvgIpc) is 2.79. The van der Waals surface area contributed by atoms with Crippen LogP contribution in [-0.4, -0.2) is 18.1 Å². The van der Waals surface area contributed by atoms with E-state index in [0.717, 1.165) is 23.5 Å². The standard InChI is InChI=1S/C12H7BrF3NO2S/c1-19-10(18)8-9(20-11(13)17-8)6-3-2-4-7(5-6)12(14,15)16/h2-5H,1H3. The molecule has 0 aliphatic carbocycles. The molecule has 0 aliphatic heterocycles. The Balaban J connectivity index is 2.55. The molecule has 8 heteroatoms. The maximum atomic E-state index is 12.7. The number of hydrogen-bond donors (Lipinski definition) is 0. The summed E-state index contributed by atoms with van der Waals surface area (Å²) >= 11 is 4.18. The summed E-state index contributed by atoms with van der Waals surface area (Å²) in [5, 5.41) is 0. The SMILES string of the molecule is COC(=O)c1nc(Br)sc1-c1cccc(C(F)(F)F)c1. The Morgan fingerprint density at radius 2 is 2.10 bits per heavy atom. The summed E-state index contributed by atoms with van der Waals surface area (Å²) in [5.41, 5.74) is -0.525. The number of carbonyl (C=O) groups excluding carboxylic acids is 1. The van der Waals surface area contributed by atoms with Gasteiger partial charge in [-0.25, -0.2) is 9.78 Å². The Morgan fingerprint density at radius 3 is 2.70 bits per heavy atom. The van der Waals surface area contributed by atoms with E-state index in [1.165, 1.54) is 19.2 Å². The van der Waals surface area contributed by atoms with Gasteiger partial charge < -0.3 is 4.74 Å². The number of nitrogens with zero attached hydrogens (tertiary/aromatic N) is 1. The van der Waals surface area contributed by atoms with Gasteiger partial charge >= 0.3 is 12.1 Å². The molecule has 0 amide bonds. The lowest BCUT2D eigenvalue weighted by Crippen LogP contribution is -2.05. The maximum Gasteiger partial charge on any atom is 0.416 e. The zero-order valence-corrected chi connectivity index (χ0v) is 12.4. The first-order valence-corrected chi connectivity index (χ1v) is 6.86. The first-order chi connectivity index (χ1) is 9.32. The average molecular weight is 366 g/mol. The first-order valence-electron chi connectivity index (χ1n) is 5.25. The number of ether oxygens (including phenoxy) is 1. The van der Waals surface area contributed by atoms with Crippen LogP contribution in [0, 0.1) is 0 Å². The van der Waals surface area contributed by atoms with Crippen LogP contribution in [0.2, 0.25) is 0 Å². The number of aromatic nitrogens is 1. The molecule has 0 atom stereocenters. The second-order valence-corrected chi connectivity index (χ2v) is 5.99. The lowest BCUT2D eigenvalue weighted by Gasteiger charge is -2.08. The molecule has 0 saturated heterocycles. The molecule has 106 valence electrons. The molecule has 0 bridgehead atoms. The van der Waals surface area contributed by atoms with Gasteiger partial charge in [-0.3, -0.25) is 0 Å². The van der Waals surface area contributed by atoms with E-state index in [2.05, 4.69) is 25.7 Å². The predicted octanol–water partition coefficient (Wildman–Crippen LogP) is 4.38. The molecule has 3 nitrogen and oxygen atoms in total. The molecule has 0 N–H and O–H groups in total. The Bertz CT molecular complexity index is 654. The molecule has 0 radical (unpaired) electrons. The van der Waals surface area contributed by atoms with Crippen LogP contribution in [0.3, 0.4) is 0 Å². The number of rotatable bonds is 2. The molecular weight excluding hydrogens is 359 g/mol. The Morgan fingerprint density at radius 1 is 1.40 bits per heavy atom. The van der Waals surface area contributed by atoms with Gasteiger partial charge in [0.05, 0.1) is 17.6 Å². The molecule has 2 rings (SSSR count). The van der Waals surface area contributed by atoms with Crippen LogP contribution in [0.15, 0.2) is 28.2 Å². The summed E-state index contributed by atoms with van der Waals surface area (Å²) in [5.74, 6) is -0.695. The van der Waals surface area contributed by atoms with Crippen molar-refractivity contribution in [3.05, 3.63) is 39.4 Å². The second-order valence-electron chi connectivity index (χ2n) is 3.71. The minimum atomic E-state index is -4.44. The highest BCUT2D eigenvalue weighted by molar-refractivity contribution is 9.11. The first kappa shape index (κ1) is 15.0. The zero-order valence-electron chi connectivity index (χ0n) is 9.99. The lowest BCUT2D eigenvalue weighted by molar-refractivity contribution is -0.137. The summed E-state index contributed by atoms with van der Waals surface area (Å²) in [6.45, 7) is 0. The summed E-state index contributed by atoms with van der Waals surface area (Å²) in [6.07, 6.45) is -4.44. The number of hydrogen-bond acceptors (Lipinski definition) is 4. The number of alkyl halides is 3. The summed E-state index contributed by atoms with van der Waals surface area (Å²) in [7, 11) is 1.19. The van der Waals surface area contributed by atoms with Gasteiger partial charge in [-0.05, 0) is 33.6 Å². The third-order valence-electron chi connectivity index (χ3n) is 2.43. The van der Waals surface area contributed by atoms with Crippen molar-refractivity contribution in [3.63, 3.8) is 0 Å². The molecule has 0 aliphatic rings. The molecule has 1 aromatic carbocycles. The number of halogens is 4. The third kappa shape index (κ3) is 3.01. The highest BCUT2D eigenvalue weighted by Crippen LogP contribution is 2.37. The van der Waals surface area contributed by atoms with Crippen LogP contribution in [0.4, 0.5) is 13.2 Å². The fourth-order valence-electron chi connectivity index (χ4n) is 1.56. The van der Waals surface area contributed by atoms with Crippen molar-refractivity contribution in [1.29, 1.82) is 0 Å². The monoisotopic (exact) mass is 365 g/mol. The van der Waals surface area contributed by atoms with Gasteiger partial charge in [0.15, 0.2) is 9.61 Å². The number of thiazole rings is 1. The van der Waals surface area contributed by atoms with E-state index in [9.17, 15) is 18.0 Å². The van der Waals surface area contributed by atoms with Crippen LogP contribution in [0.25, 0.3) is 10.4 Å². The van der Waals surface area contributed by atoms with E-state index in [0.29, 0.717) is 8.79 Å². The highest BCUT2D eigenvalue weighted by Gasteiger charge is 2.31. The fraction of sp³-hybridized carbons (Fsp3) is 0.167. The van der Waals surface area contributed by atoms with E-state index in [4.69, 9.17) is 0 Å². The Labute approximate surface area is 124 Å². The van der Waals surface area contributed by atoms with E-state index in [1.807, 2.05) is 0 Å². The Kier molecular flexibility index (Phi) is 4.14. The van der Waals surface area contributed by atoms with Crippen molar-refractivity contribution in [2.24, 2.45) is 0 Å². The zero-order chi connectivity index (χ0) is 14.9. The summed E-state index contributed by atoms with van der Waals surface area (Å²) < 4.78 is 43.1. The molecular formula is C12H7BrF3NO2S. The number of methoxy groups -OCH3 is 1. The highest BCUT2D eigenvalue weighted by atomic mass is 79.9. The molecule has 2 aromatic rings. The van der Waals surface area contributed by atoms with Gasteiger partial charge in [0.2, 0.25) is 0 Å². The van der Waals surface area contributed by atoms with E-state index in [1.54, 1.807) is 0 Å². The van der Waals surface area contributed by atoms with Crippen LogP contribution >= 0.6 is 27.3 Å². The van der Waals surface area contributed by atoms with E-state index < -0.39 is 17.7 Å². The van der Waals surface area contributed by atoms with Crippen LogP contribution in [0.1, 0.15) is 16.1 Å². The minimum Gasteiger partial charge on any atom is -0.464 e. The fourth-order valence-corrected chi connectivity index (χ4v) is 3.00. The molecule has 20 heavy (non-hydrogen) atoms. The van der Waals surface area contributed by atoms with Crippen molar-refractivity contribution in [2.45, 2.75) is 6.18 Å². The van der Waals surface area contributed by atoms with Gasteiger partial charge in [-0.15, -0.1) is 11.3 Å². The number of carbonyl (C=O) groups is 1. The summed E-state index contributed by atoms with van der Waals surface area (Å²) in [6, 6.07) is 4.72. The smallest absolute Gasteiger partial charge is 0.416 e. The van der Waals surface area contributed by atoms with Gasteiger partial charge in [-0.2, -0.15) is 13.2 Å². The van der Waals surface area contributed by atoms with Gasteiger partial charge in [0.1, 0.15) is 0 Å². The third-order valence-corrected chi connectivity index (χ3v) is 3.99.